The van der Waals surface area contributed by atoms with Crippen molar-refractivity contribution in [1.82, 2.24) is 5.16 Å². The Bertz CT molecular complexity index is 949. The Kier molecular flexibility index (Phi) is 4.10. The van der Waals surface area contributed by atoms with Gasteiger partial charge in [0.15, 0.2) is 11.4 Å². The van der Waals surface area contributed by atoms with E-state index in [0.717, 1.165) is 5.69 Å². The van der Waals surface area contributed by atoms with Gasteiger partial charge in [0.05, 0.1) is 12.3 Å². The van der Waals surface area contributed by atoms with E-state index in [-0.39, 0.29) is 22.0 Å². The molecule has 29 heavy (non-hydrogen) atoms. The van der Waals surface area contributed by atoms with Gasteiger partial charge in [-0.15, -0.1) is 0 Å². The van der Waals surface area contributed by atoms with E-state index >= 15 is 0 Å². The van der Waals surface area contributed by atoms with Crippen LogP contribution in [0.2, 0.25) is 0 Å². The van der Waals surface area contributed by atoms with Gasteiger partial charge in [0.25, 0.3) is 5.79 Å². The van der Waals surface area contributed by atoms with Gasteiger partial charge < -0.3 is 14.4 Å². The highest BCUT2D eigenvalue weighted by Crippen LogP contribution is 2.69. The van der Waals surface area contributed by atoms with Gasteiger partial charge in [-0.2, -0.15) is 4.89 Å². The minimum absolute atomic E-state index is 0.104. The number of aromatic nitrogens is 1. The van der Waals surface area contributed by atoms with E-state index in [1.165, 1.54) is 0 Å². The summed E-state index contributed by atoms with van der Waals surface area (Å²) in [5, 5.41) is 14.7. The lowest BCUT2D eigenvalue weighted by molar-refractivity contribution is -0.626. The molecule has 0 spiro atoms. The smallest absolute Gasteiger partial charge is 0.261 e. The van der Waals surface area contributed by atoms with E-state index in [2.05, 4.69) is 60.5 Å². The largest absolute Gasteiger partial charge is 0.508 e. The van der Waals surface area contributed by atoms with Crippen LogP contribution in [0.4, 0.5) is 0 Å². The summed E-state index contributed by atoms with van der Waals surface area (Å²) in [5.74, 6) is -0.413. The number of rotatable bonds is 2. The van der Waals surface area contributed by atoms with Crippen LogP contribution in [0.25, 0.3) is 11.3 Å². The van der Waals surface area contributed by atoms with Crippen LogP contribution in [0.5, 0.6) is 5.75 Å². The first-order valence-electron chi connectivity index (χ1n) is 10.1. The predicted molar refractivity (Wildman–Crippen MR) is 108 cm³/mol. The molecule has 2 unspecified atom stereocenters. The summed E-state index contributed by atoms with van der Waals surface area (Å²) in [5.41, 5.74) is 0.850. The molecule has 4 rings (SSSR count). The molecule has 2 aliphatic heterocycles. The molecule has 6 nitrogen and oxygen atoms in total. The van der Waals surface area contributed by atoms with Crippen LogP contribution < -0.4 is 0 Å². The standard InChI is InChI=1S/C23H31NO5/c1-19(2,3)18-12-17(27-24-18)14-9-15(11-16(25)10-14)22-23(29-28-22,20(4,5)6)21(7,8)13-26-22/h9-12,25H,13H2,1-8H3. The Morgan fingerprint density at radius 3 is 2.17 bits per heavy atom. The van der Waals surface area contributed by atoms with Gasteiger partial charge in [0.1, 0.15) is 5.75 Å². The third kappa shape index (κ3) is 2.62. The molecule has 0 radical (unpaired) electrons. The molecule has 1 aromatic heterocycles. The second kappa shape index (κ2) is 5.84. The van der Waals surface area contributed by atoms with Crippen molar-refractivity contribution in [3.63, 3.8) is 0 Å². The molecule has 158 valence electrons. The van der Waals surface area contributed by atoms with Crippen molar-refractivity contribution < 1.29 is 24.1 Å². The first kappa shape index (κ1) is 20.4. The zero-order valence-corrected chi connectivity index (χ0v) is 18.5. The fourth-order valence-corrected chi connectivity index (χ4v) is 4.95. The molecule has 3 heterocycles. The summed E-state index contributed by atoms with van der Waals surface area (Å²) in [6, 6.07) is 7.17. The molecule has 1 N–H and O–H groups in total. The van der Waals surface area contributed by atoms with E-state index in [1.807, 2.05) is 12.1 Å². The van der Waals surface area contributed by atoms with Crippen LogP contribution in [0.3, 0.4) is 0 Å². The molecule has 2 atom stereocenters. The number of nitrogens with zero attached hydrogens (tertiary/aromatic N) is 1. The Labute approximate surface area is 172 Å². The topological polar surface area (TPSA) is 74.0 Å². The Balaban J connectivity index is 1.84. The molecule has 0 bridgehead atoms. The first-order valence-corrected chi connectivity index (χ1v) is 10.1. The van der Waals surface area contributed by atoms with Crippen LogP contribution in [0.1, 0.15) is 66.6 Å². The first-order chi connectivity index (χ1) is 13.2. The molecule has 2 fully saturated rings. The van der Waals surface area contributed by atoms with Gasteiger partial charge in [-0.1, -0.05) is 60.5 Å². The lowest BCUT2D eigenvalue weighted by Crippen LogP contribution is -2.73. The number of phenolic OH excluding ortho intramolecular Hbond substituents is 1. The molecular weight excluding hydrogens is 370 g/mol. The van der Waals surface area contributed by atoms with Crippen LogP contribution in [0, 0.1) is 10.8 Å². The Morgan fingerprint density at radius 1 is 0.966 bits per heavy atom. The van der Waals surface area contributed by atoms with Gasteiger partial charge in [-0.05, 0) is 18.2 Å². The average Bonchev–Trinajstić information content (AvgIpc) is 3.07. The zero-order chi connectivity index (χ0) is 21.5. The number of fused-ring (bicyclic) bond motifs is 1. The molecule has 2 aromatic rings. The highest BCUT2D eigenvalue weighted by Gasteiger charge is 2.81. The molecule has 2 aliphatic rings. The lowest BCUT2D eigenvalue weighted by Gasteiger charge is -2.61. The van der Waals surface area contributed by atoms with Crippen LogP contribution in [-0.2, 0) is 25.7 Å². The molecule has 1 aromatic carbocycles. The van der Waals surface area contributed by atoms with Crippen molar-refractivity contribution in [3.05, 3.63) is 35.5 Å². The van der Waals surface area contributed by atoms with Gasteiger partial charge in [-0.3, -0.25) is 0 Å². The van der Waals surface area contributed by atoms with E-state index < -0.39 is 11.4 Å². The van der Waals surface area contributed by atoms with Crippen LogP contribution >= 0.6 is 0 Å². The summed E-state index contributed by atoms with van der Waals surface area (Å²) >= 11 is 0. The highest BCUT2D eigenvalue weighted by molar-refractivity contribution is 5.62. The quantitative estimate of drug-likeness (QED) is 0.688. The predicted octanol–water partition coefficient (Wildman–Crippen LogP) is 5.30. The fraction of sp³-hybridized carbons (Fsp3) is 0.609. The highest BCUT2D eigenvalue weighted by atomic mass is 17.3. The van der Waals surface area contributed by atoms with Crippen molar-refractivity contribution in [2.75, 3.05) is 6.61 Å². The number of ether oxygens (including phenoxy) is 1. The van der Waals surface area contributed by atoms with E-state index in [4.69, 9.17) is 19.0 Å². The second-order valence-electron chi connectivity index (χ2n) is 11.0. The van der Waals surface area contributed by atoms with E-state index in [9.17, 15) is 5.11 Å². The van der Waals surface area contributed by atoms with Crippen LogP contribution in [-0.4, -0.2) is 22.5 Å². The number of phenols is 1. The number of hydrogen-bond acceptors (Lipinski definition) is 6. The molecular formula is C23H31NO5. The third-order valence-electron chi connectivity index (χ3n) is 6.25. The van der Waals surface area contributed by atoms with Gasteiger partial charge >= 0.3 is 0 Å². The Hall–Kier alpha value is -1.89. The number of hydrogen-bond donors (Lipinski definition) is 1. The minimum Gasteiger partial charge on any atom is -0.508 e. The van der Waals surface area contributed by atoms with E-state index in [0.29, 0.717) is 23.5 Å². The average molecular weight is 402 g/mol. The third-order valence-corrected chi connectivity index (χ3v) is 6.25. The van der Waals surface area contributed by atoms with Gasteiger partial charge in [0, 0.05) is 33.4 Å². The fourth-order valence-electron chi connectivity index (χ4n) is 4.95. The number of benzene rings is 1. The van der Waals surface area contributed by atoms with Gasteiger partial charge in [0.2, 0.25) is 0 Å². The molecule has 2 saturated heterocycles. The summed E-state index contributed by atoms with van der Waals surface area (Å²) in [4.78, 5) is 11.6. The summed E-state index contributed by atoms with van der Waals surface area (Å²) in [6.07, 6.45) is 0. The minimum atomic E-state index is -1.10. The maximum Gasteiger partial charge on any atom is 0.261 e. The van der Waals surface area contributed by atoms with Gasteiger partial charge in [-0.25, -0.2) is 4.89 Å². The maximum atomic E-state index is 10.5. The molecule has 0 aliphatic carbocycles. The van der Waals surface area contributed by atoms with Crippen molar-refractivity contribution in [2.24, 2.45) is 10.8 Å². The Morgan fingerprint density at radius 2 is 1.66 bits per heavy atom. The van der Waals surface area contributed by atoms with Crippen LogP contribution in [0.15, 0.2) is 28.8 Å². The van der Waals surface area contributed by atoms with Crippen molar-refractivity contribution in [1.29, 1.82) is 0 Å². The summed E-state index contributed by atoms with van der Waals surface area (Å²) in [6.45, 7) is 17.3. The maximum absolute atomic E-state index is 10.5. The lowest BCUT2D eigenvalue weighted by atomic mass is 9.57. The van der Waals surface area contributed by atoms with Crippen molar-refractivity contribution in [3.8, 4) is 17.1 Å². The SMILES string of the molecule is CC(C)(C)c1cc(-c2cc(O)cc(C34OCC(C)(C)C3(C(C)(C)C)OO4)c2)on1. The summed E-state index contributed by atoms with van der Waals surface area (Å²) < 4.78 is 11.9. The number of aromatic hydroxyl groups is 1. The van der Waals surface area contributed by atoms with E-state index in [1.54, 1.807) is 12.1 Å². The van der Waals surface area contributed by atoms with Crippen molar-refractivity contribution >= 4 is 0 Å². The zero-order valence-electron chi connectivity index (χ0n) is 18.5. The monoisotopic (exact) mass is 401 g/mol. The molecule has 0 amide bonds. The normalized spacial score (nSPS) is 28.8. The molecule has 0 saturated carbocycles. The van der Waals surface area contributed by atoms with Crippen molar-refractivity contribution in [2.45, 2.75) is 72.2 Å². The molecule has 6 heteroatoms. The second-order valence-corrected chi connectivity index (χ2v) is 11.0. The summed E-state index contributed by atoms with van der Waals surface area (Å²) in [7, 11) is 0.